The van der Waals surface area contributed by atoms with Crippen LogP contribution in [0.5, 0.6) is 11.5 Å². The topological polar surface area (TPSA) is 83.1 Å². The third-order valence-electron chi connectivity index (χ3n) is 4.70. The summed E-state index contributed by atoms with van der Waals surface area (Å²) >= 11 is 0. The SMILES string of the molecule is COc1ccc(C(N)=NOC(=O)CC(c2ccccc2)c2ccccc2)cc1OC. The van der Waals surface area contributed by atoms with Crippen molar-refractivity contribution in [3.05, 3.63) is 95.6 Å². The van der Waals surface area contributed by atoms with E-state index in [1.807, 2.05) is 60.7 Å². The van der Waals surface area contributed by atoms with E-state index in [4.69, 9.17) is 20.0 Å². The summed E-state index contributed by atoms with van der Waals surface area (Å²) in [5.74, 6) is 0.529. The molecule has 6 heteroatoms. The van der Waals surface area contributed by atoms with Gasteiger partial charge in [0.25, 0.3) is 0 Å². The van der Waals surface area contributed by atoms with Crippen molar-refractivity contribution in [2.75, 3.05) is 14.2 Å². The molecule has 0 aliphatic heterocycles. The van der Waals surface area contributed by atoms with Crippen molar-refractivity contribution in [2.24, 2.45) is 10.9 Å². The fourth-order valence-corrected chi connectivity index (χ4v) is 3.15. The van der Waals surface area contributed by atoms with Crippen LogP contribution in [-0.2, 0) is 9.63 Å². The van der Waals surface area contributed by atoms with Gasteiger partial charge in [-0.3, -0.25) is 0 Å². The number of hydrogen-bond acceptors (Lipinski definition) is 5. The minimum absolute atomic E-state index is 0.0697. The second-order valence-corrected chi connectivity index (χ2v) is 6.59. The molecule has 154 valence electrons. The van der Waals surface area contributed by atoms with E-state index in [0.717, 1.165) is 11.1 Å². The third-order valence-corrected chi connectivity index (χ3v) is 4.70. The van der Waals surface area contributed by atoms with Crippen LogP contribution in [0, 0.1) is 0 Å². The van der Waals surface area contributed by atoms with Crippen molar-refractivity contribution >= 4 is 11.8 Å². The molecule has 2 N–H and O–H groups in total. The molecule has 0 spiro atoms. The summed E-state index contributed by atoms with van der Waals surface area (Å²) in [6.45, 7) is 0. The van der Waals surface area contributed by atoms with E-state index < -0.39 is 5.97 Å². The van der Waals surface area contributed by atoms with Gasteiger partial charge in [0, 0.05) is 11.5 Å². The molecule has 0 aromatic heterocycles. The van der Waals surface area contributed by atoms with E-state index in [9.17, 15) is 4.79 Å². The van der Waals surface area contributed by atoms with Gasteiger partial charge >= 0.3 is 5.97 Å². The Hall–Kier alpha value is -3.80. The van der Waals surface area contributed by atoms with Crippen LogP contribution in [0.15, 0.2) is 84.0 Å². The second kappa shape index (κ2) is 10.1. The number of rotatable bonds is 8. The molecule has 0 saturated carbocycles. The predicted octanol–water partition coefficient (Wildman–Crippen LogP) is 4.09. The van der Waals surface area contributed by atoms with Crippen molar-refractivity contribution in [2.45, 2.75) is 12.3 Å². The van der Waals surface area contributed by atoms with Crippen LogP contribution in [0.2, 0.25) is 0 Å². The summed E-state index contributed by atoms with van der Waals surface area (Å²) in [5, 5.41) is 3.81. The van der Waals surface area contributed by atoms with E-state index in [2.05, 4.69) is 5.16 Å². The Labute approximate surface area is 175 Å². The van der Waals surface area contributed by atoms with Crippen LogP contribution in [0.25, 0.3) is 0 Å². The van der Waals surface area contributed by atoms with Gasteiger partial charge in [-0.1, -0.05) is 65.8 Å². The van der Waals surface area contributed by atoms with Crippen molar-refractivity contribution in [1.82, 2.24) is 0 Å². The highest BCUT2D eigenvalue weighted by atomic mass is 16.7. The molecule has 0 aliphatic carbocycles. The monoisotopic (exact) mass is 404 g/mol. The van der Waals surface area contributed by atoms with Crippen LogP contribution in [0.1, 0.15) is 29.0 Å². The molecule has 3 aromatic carbocycles. The lowest BCUT2D eigenvalue weighted by atomic mass is 9.89. The first-order valence-corrected chi connectivity index (χ1v) is 9.48. The first kappa shape index (κ1) is 20.9. The number of oxime groups is 1. The summed E-state index contributed by atoms with van der Waals surface area (Å²) in [4.78, 5) is 17.6. The normalized spacial score (nSPS) is 11.2. The van der Waals surface area contributed by atoms with Crippen LogP contribution in [0.3, 0.4) is 0 Å². The van der Waals surface area contributed by atoms with Crippen LogP contribution in [-0.4, -0.2) is 26.0 Å². The smallest absolute Gasteiger partial charge is 0.336 e. The zero-order valence-corrected chi connectivity index (χ0v) is 16.9. The number of benzene rings is 3. The Morgan fingerprint density at radius 3 is 1.97 bits per heavy atom. The van der Waals surface area contributed by atoms with Gasteiger partial charge in [0.1, 0.15) is 0 Å². The maximum Gasteiger partial charge on any atom is 0.336 e. The Kier molecular flexibility index (Phi) is 7.05. The van der Waals surface area contributed by atoms with Gasteiger partial charge in [-0.25, -0.2) is 4.79 Å². The highest BCUT2D eigenvalue weighted by molar-refractivity contribution is 5.98. The highest BCUT2D eigenvalue weighted by Crippen LogP contribution is 2.29. The molecule has 0 aliphatic rings. The molecular formula is C24H24N2O4. The lowest BCUT2D eigenvalue weighted by Gasteiger charge is -2.16. The highest BCUT2D eigenvalue weighted by Gasteiger charge is 2.19. The van der Waals surface area contributed by atoms with E-state index in [1.165, 1.54) is 7.11 Å². The summed E-state index contributed by atoms with van der Waals surface area (Å²) in [5.41, 5.74) is 8.60. The Morgan fingerprint density at radius 2 is 1.43 bits per heavy atom. The number of methoxy groups -OCH3 is 2. The average molecular weight is 404 g/mol. The molecule has 0 heterocycles. The molecule has 0 amide bonds. The molecule has 3 aromatic rings. The molecule has 6 nitrogen and oxygen atoms in total. The molecule has 0 atom stereocenters. The van der Waals surface area contributed by atoms with Gasteiger partial charge in [-0.05, 0) is 29.3 Å². The molecule has 0 radical (unpaired) electrons. The fourth-order valence-electron chi connectivity index (χ4n) is 3.15. The average Bonchev–Trinajstić information content (AvgIpc) is 2.81. The van der Waals surface area contributed by atoms with Gasteiger partial charge in [0.15, 0.2) is 17.3 Å². The summed E-state index contributed by atoms with van der Waals surface area (Å²) in [7, 11) is 3.08. The summed E-state index contributed by atoms with van der Waals surface area (Å²) in [6, 6.07) is 24.7. The standard InChI is InChI=1S/C24H24N2O4/c1-28-21-14-13-19(15-22(21)29-2)24(25)26-30-23(27)16-20(17-9-5-3-6-10-17)18-11-7-4-8-12-18/h3-15,20H,16H2,1-2H3,(H2,25,26). The van der Waals surface area contributed by atoms with E-state index in [1.54, 1.807) is 25.3 Å². The number of nitrogens with zero attached hydrogens (tertiary/aromatic N) is 1. The zero-order chi connectivity index (χ0) is 21.3. The Balaban J connectivity index is 1.74. The Bertz CT molecular complexity index is 965. The van der Waals surface area contributed by atoms with Gasteiger partial charge in [-0.2, -0.15) is 0 Å². The molecule has 30 heavy (non-hydrogen) atoms. The number of nitrogens with two attached hydrogens (primary N) is 1. The third kappa shape index (κ3) is 5.17. The first-order valence-electron chi connectivity index (χ1n) is 9.48. The molecule has 0 bridgehead atoms. The quantitative estimate of drug-likeness (QED) is 0.265. The number of carbonyl (C=O) groups is 1. The minimum Gasteiger partial charge on any atom is -0.493 e. The number of amidine groups is 1. The zero-order valence-electron chi connectivity index (χ0n) is 16.9. The Morgan fingerprint density at radius 1 is 0.867 bits per heavy atom. The molecule has 0 fully saturated rings. The van der Waals surface area contributed by atoms with E-state index in [-0.39, 0.29) is 18.2 Å². The number of carbonyl (C=O) groups excluding carboxylic acids is 1. The van der Waals surface area contributed by atoms with E-state index >= 15 is 0 Å². The van der Waals surface area contributed by atoms with E-state index in [0.29, 0.717) is 17.1 Å². The predicted molar refractivity (Wildman–Crippen MR) is 116 cm³/mol. The molecule has 0 saturated heterocycles. The molecule has 3 rings (SSSR count). The maximum atomic E-state index is 12.5. The van der Waals surface area contributed by atoms with Gasteiger partial charge in [0.05, 0.1) is 20.6 Å². The first-order chi connectivity index (χ1) is 14.6. The number of hydrogen-bond donors (Lipinski definition) is 1. The largest absolute Gasteiger partial charge is 0.493 e. The van der Waals surface area contributed by atoms with Crippen LogP contribution in [0.4, 0.5) is 0 Å². The summed E-state index contributed by atoms with van der Waals surface area (Å²) < 4.78 is 10.5. The second-order valence-electron chi connectivity index (χ2n) is 6.59. The van der Waals surface area contributed by atoms with Crippen molar-refractivity contribution in [1.29, 1.82) is 0 Å². The van der Waals surface area contributed by atoms with Gasteiger partial charge in [-0.15, -0.1) is 0 Å². The van der Waals surface area contributed by atoms with Crippen molar-refractivity contribution < 1.29 is 19.1 Å². The van der Waals surface area contributed by atoms with Gasteiger partial charge < -0.3 is 20.0 Å². The summed E-state index contributed by atoms with van der Waals surface area (Å²) in [6.07, 6.45) is 0.136. The lowest BCUT2D eigenvalue weighted by molar-refractivity contribution is -0.143. The van der Waals surface area contributed by atoms with Crippen LogP contribution < -0.4 is 15.2 Å². The molecule has 0 unspecified atom stereocenters. The van der Waals surface area contributed by atoms with Gasteiger partial charge in [0.2, 0.25) is 0 Å². The van der Waals surface area contributed by atoms with Crippen molar-refractivity contribution in [3.8, 4) is 11.5 Å². The van der Waals surface area contributed by atoms with Crippen LogP contribution >= 0.6 is 0 Å². The van der Waals surface area contributed by atoms with Crippen molar-refractivity contribution in [3.63, 3.8) is 0 Å². The fraction of sp³-hybridized carbons (Fsp3) is 0.167. The minimum atomic E-state index is -0.476. The lowest BCUT2D eigenvalue weighted by Crippen LogP contribution is -2.16. The maximum absolute atomic E-state index is 12.5. The molecular weight excluding hydrogens is 380 g/mol. The number of ether oxygens (including phenoxy) is 2.